The Bertz CT molecular complexity index is 151. The number of likely N-dealkylation sites (N-methyl/N-ethyl adjacent to an activating group) is 1. The molecule has 1 nitrogen and oxygen atoms in total. The summed E-state index contributed by atoms with van der Waals surface area (Å²) in [4.78, 5) is 3.94. The van der Waals surface area contributed by atoms with Gasteiger partial charge in [0.25, 0.3) is 0 Å². The Morgan fingerprint density at radius 1 is 1.50 bits per heavy atom. The van der Waals surface area contributed by atoms with Crippen LogP contribution in [0.3, 0.4) is 0 Å². The molecule has 0 spiro atoms. The lowest BCUT2D eigenvalue weighted by Crippen LogP contribution is -2.26. The van der Waals surface area contributed by atoms with Crippen molar-refractivity contribution in [1.82, 2.24) is 4.90 Å². The van der Waals surface area contributed by atoms with Crippen LogP contribution >= 0.6 is 11.8 Å². The second-order valence-corrected chi connectivity index (χ2v) is 3.80. The molecule has 1 aliphatic rings. The number of hydrogen-bond donors (Lipinski definition) is 0. The summed E-state index contributed by atoms with van der Waals surface area (Å²) in [7, 11) is 2.18. The van der Waals surface area contributed by atoms with Crippen molar-refractivity contribution in [3.63, 3.8) is 0 Å². The summed E-state index contributed by atoms with van der Waals surface area (Å²) < 4.78 is 0. The Morgan fingerprint density at radius 2 is 2.20 bits per heavy atom. The van der Waals surface area contributed by atoms with Crippen molar-refractivity contribution < 1.29 is 0 Å². The molecule has 0 aliphatic carbocycles. The van der Waals surface area contributed by atoms with E-state index < -0.39 is 0 Å². The molecule has 0 fully saturated rings. The Kier molecular flexibility index (Phi) is 2.81. The second-order valence-electron chi connectivity index (χ2n) is 2.90. The molecular formula is C8H15NS. The van der Waals surface area contributed by atoms with Gasteiger partial charge in [0.15, 0.2) is 0 Å². The van der Waals surface area contributed by atoms with Gasteiger partial charge in [0.2, 0.25) is 0 Å². The van der Waals surface area contributed by atoms with Gasteiger partial charge in [-0.3, -0.25) is 0 Å². The highest BCUT2D eigenvalue weighted by atomic mass is 32.2. The van der Waals surface area contributed by atoms with Gasteiger partial charge in [-0.2, -0.15) is 0 Å². The van der Waals surface area contributed by atoms with Gasteiger partial charge in [0.05, 0.1) is 0 Å². The predicted octanol–water partition coefficient (Wildman–Crippen LogP) is 1.96. The van der Waals surface area contributed by atoms with Crippen molar-refractivity contribution >= 4 is 11.8 Å². The van der Waals surface area contributed by atoms with Crippen LogP contribution in [0.1, 0.15) is 13.3 Å². The largest absolute Gasteiger partial charge is 0.301 e. The molecular weight excluding hydrogens is 142 g/mol. The molecule has 0 radical (unpaired) electrons. The van der Waals surface area contributed by atoms with Crippen molar-refractivity contribution in [3.8, 4) is 0 Å². The van der Waals surface area contributed by atoms with E-state index in [1.807, 2.05) is 11.8 Å². The fraction of sp³-hybridized carbons (Fsp3) is 0.750. The molecule has 0 N–H and O–H groups in total. The third kappa shape index (κ3) is 1.77. The van der Waals surface area contributed by atoms with E-state index in [9.17, 15) is 0 Å². The smallest absolute Gasteiger partial charge is 0.0289 e. The zero-order chi connectivity index (χ0) is 7.56. The molecule has 0 unspecified atom stereocenters. The van der Waals surface area contributed by atoms with Crippen LogP contribution in [0.15, 0.2) is 10.5 Å². The van der Waals surface area contributed by atoms with Gasteiger partial charge in [-0.1, -0.05) is 5.57 Å². The summed E-state index contributed by atoms with van der Waals surface area (Å²) in [5.41, 5.74) is 1.59. The number of hydrogen-bond acceptors (Lipinski definition) is 2. The van der Waals surface area contributed by atoms with Gasteiger partial charge in [-0.15, -0.1) is 11.8 Å². The summed E-state index contributed by atoms with van der Waals surface area (Å²) in [5.74, 6) is 0. The summed E-state index contributed by atoms with van der Waals surface area (Å²) in [5, 5.41) is 0. The summed E-state index contributed by atoms with van der Waals surface area (Å²) in [6.07, 6.45) is 3.42. The van der Waals surface area contributed by atoms with Gasteiger partial charge in [-0.25, -0.2) is 0 Å². The van der Waals surface area contributed by atoms with Gasteiger partial charge in [0, 0.05) is 13.1 Å². The third-order valence-electron chi connectivity index (χ3n) is 2.00. The molecule has 0 aromatic carbocycles. The molecule has 0 saturated heterocycles. The summed E-state index contributed by atoms with van der Waals surface area (Å²) in [6.45, 7) is 4.64. The Labute approximate surface area is 67.5 Å². The zero-order valence-corrected chi connectivity index (χ0v) is 7.79. The van der Waals surface area contributed by atoms with Crippen molar-refractivity contribution in [2.45, 2.75) is 13.3 Å². The van der Waals surface area contributed by atoms with E-state index in [2.05, 4.69) is 25.1 Å². The fourth-order valence-corrected chi connectivity index (χ4v) is 2.00. The number of thioether (sulfide) groups is 1. The third-order valence-corrected chi connectivity index (χ3v) is 2.97. The van der Waals surface area contributed by atoms with Crippen molar-refractivity contribution in [1.29, 1.82) is 0 Å². The Morgan fingerprint density at radius 3 is 2.70 bits per heavy atom. The molecule has 2 heteroatoms. The Hall–Kier alpha value is 0.0500. The topological polar surface area (TPSA) is 3.24 Å². The highest BCUT2D eigenvalue weighted by Crippen LogP contribution is 2.23. The highest BCUT2D eigenvalue weighted by molar-refractivity contribution is 8.02. The molecule has 0 amide bonds. The van der Waals surface area contributed by atoms with Crippen molar-refractivity contribution in [2.75, 3.05) is 26.4 Å². The van der Waals surface area contributed by atoms with E-state index in [0.717, 1.165) is 6.54 Å². The van der Waals surface area contributed by atoms with Crippen molar-refractivity contribution in [3.05, 3.63) is 10.5 Å². The van der Waals surface area contributed by atoms with Crippen LogP contribution in [0.2, 0.25) is 0 Å². The minimum atomic E-state index is 1.16. The first-order chi connectivity index (χ1) is 4.74. The molecule has 58 valence electrons. The lowest BCUT2D eigenvalue weighted by atomic mass is 10.1. The quantitative estimate of drug-likeness (QED) is 0.572. The van der Waals surface area contributed by atoms with E-state index in [-0.39, 0.29) is 0 Å². The molecule has 10 heavy (non-hydrogen) atoms. The molecule has 1 aliphatic heterocycles. The standard InChI is InChI=1S/C8H15NS/c1-7-4-5-9(2)6-8(7)10-3/h4-6H2,1-3H3. The number of rotatable bonds is 1. The van der Waals surface area contributed by atoms with Crippen LogP contribution < -0.4 is 0 Å². The zero-order valence-electron chi connectivity index (χ0n) is 6.98. The molecule has 0 aromatic heterocycles. The van der Waals surface area contributed by atoms with Gasteiger partial charge in [0.1, 0.15) is 0 Å². The minimum absolute atomic E-state index is 1.16. The van der Waals surface area contributed by atoms with Crippen LogP contribution in [0, 0.1) is 0 Å². The molecule has 0 bridgehead atoms. The van der Waals surface area contributed by atoms with Crippen LogP contribution in [-0.2, 0) is 0 Å². The highest BCUT2D eigenvalue weighted by Gasteiger charge is 2.11. The first-order valence-electron chi connectivity index (χ1n) is 3.65. The van der Waals surface area contributed by atoms with Crippen LogP contribution in [-0.4, -0.2) is 31.3 Å². The maximum atomic E-state index is 2.37. The number of nitrogens with zero attached hydrogens (tertiary/aromatic N) is 1. The van der Waals surface area contributed by atoms with E-state index in [0.29, 0.717) is 0 Å². The second kappa shape index (κ2) is 3.44. The lowest BCUT2D eigenvalue weighted by molar-refractivity contribution is 0.356. The summed E-state index contributed by atoms with van der Waals surface area (Å²) >= 11 is 1.90. The first kappa shape index (κ1) is 8.15. The average molecular weight is 157 g/mol. The molecule has 0 saturated carbocycles. The average Bonchev–Trinajstić information content (AvgIpc) is 1.94. The van der Waals surface area contributed by atoms with E-state index in [1.165, 1.54) is 13.0 Å². The molecule has 1 heterocycles. The van der Waals surface area contributed by atoms with Crippen LogP contribution in [0.5, 0.6) is 0 Å². The monoisotopic (exact) mass is 157 g/mol. The van der Waals surface area contributed by atoms with E-state index in [1.54, 1.807) is 10.5 Å². The molecule has 0 aromatic rings. The summed E-state index contributed by atoms with van der Waals surface area (Å²) in [6, 6.07) is 0. The lowest BCUT2D eigenvalue weighted by Gasteiger charge is -2.24. The van der Waals surface area contributed by atoms with Crippen LogP contribution in [0.4, 0.5) is 0 Å². The van der Waals surface area contributed by atoms with Crippen LogP contribution in [0.25, 0.3) is 0 Å². The van der Waals surface area contributed by atoms with Gasteiger partial charge < -0.3 is 4.90 Å². The maximum absolute atomic E-state index is 2.37. The predicted molar refractivity (Wildman–Crippen MR) is 48.3 cm³/mol. The fourth-order valence-electron chi connectivity index (χ4n) is 1.20. The van der Waals surface area contributed by atoms with Gasteiger partial charge in [-0.05, 0) is 31.6 Å². The van der Waals surface area contributed by atoms with Crippen molar-refractivity contribution in [2.24, 2.45) is 0 Å². The minimum Gasteiger partial charge on any atom is -0.301 e. The normalized spacial score (nSPS) is 21.9. The van der Waals surface area contributed by atoms with Gasteiger partial charge >= 0.3 is 0 Å². The first-order valence-corrected chi connectivity index (χ1v) is 4.87. The Balaban J connectivity index is 2.62. The van der Waals surface area contributed by atoms with E-state index >= 15 is 0 Å². The molecule has 0 atom stereocenters. The maximum Gasteiger partial charge on any atom is 0.0289 e. The van der Waals surface area contributed by atoms with E-state index in [4.69, 9.17) is 0 Å². The SMILES string of the molecule is CSC1=C(C)CCN(C)C1. The molecule has 1 rings (SSSR count).